The average molecular weight is 184 g/mol. The third-order valence-electron chi connectivity index (χ3n) is 2.88. The Morgan fingerprint density at radius 3 is 1.69 bits per heavy atom. The number of likely N-dealkylation sites (N-methyl/N-ethyl adjacent to an activating group) is 1. The van der Waals surface area contributed by atoms with Crippen LogP contribution in [0.4, 0.5) is 0 Å². The molecule has 0 aromatic rings. The zero-order valence-electron chi connectivity index (χ0n) is 9.96. The number of rotatable bonds is 0. The van der Waals surface area contributed by atoms with Crippen LogP contribution in [0.25, 0.3) is 0 Å². The van der Waals surface area contributed by atoms with E-state index in [9.17, 15) is 0 Å². The summed E-state index contributed by atoms with van der Waals surface area (Å²) in [6.07, 6.45) is 0. The first-order valence-electron chi connectivity index (χ1n) is 5.29. The highest BCUT2D eigenvalue weighted by Crippen LogP contribution is 2.24. The van der Waals surface area contributed by atoms with Crippen molar-refractivity contribution in [3.8, 4) is 0 Å². The topological polar surface area (TPSA) is 6.48 Å². The highest BCUT2D eigenvalue weighted by molar-refractivity contribution is 4.90. The lowest BCUT2D eigenvalue weighted by atomic mass is 9.97. The minimum absolute atomic E-state index is 0.306. The molecule has 0 aromatic heterocycles. The molecule has 1 heterocycles. The molecular weight excluding hydrogens is 160 g/mol. The standard InChI is InChI=1S/C11H24N2/c1-9-7-12(6)8-10(2)13(9)11(3,4)5/h9-10H,7-8H2,1-6H3/t9-,10+. The van der Waals surface area contributed by atoms with Gasteiger partial charge >= 0.3 is 0 Å². The Morgan fingerprint density at radius 1 is 1.00 bits per heavy atom. The van der Waals surface area contributed by atoms with E-state index in [1.807, 2.05) is 0 Å². The molecule has 0 unspecified atom stereocenters. The number of hydrogen-bond acceptors (Lipinski definition) is 2. The fourth-order valence-electron chi connectivity index (χ4n) is 2.91. The van der Waals surface area contributed by atoms with Crippen LogP contribution in [0.5, 0.6) is 0 Å². The van der Waals surface area contributed by atoms with E-state index in [4.69, 9.17) is 0 Å². The molecule has 2 heteroatoms. The Kier molecular flexibility index (Phi) is 3.03. The SMILES string of the molecule is C[C@@H]1CN(C)C[C@H](C)N1C(C)(C)C. The zero-order chi connectivity index (χ0) is 10.2. The Balaban J connectivity index is 2.73. The van der Waals surface area contributed by atoms with Gasteiger partial charge in [0, 0.05) is 30.7 Å². The second-order valence-corrected chi connectivity index (χ2v) is 5.50. The molecule has 1 saturated heterocycles. The first-order chi connectivity index (χ1) is 5.82. The van der Waals surface area contributed by atoms with Gasteiger partial charge in [-0.05, 0) is 41.7 Å². The molecule has 1 aliphatic heterocycles. The largest absolute Gasteiger partial charge is 0.303 e. The minimum atomic E-state index is 0.306. The molecule has 0 amide bonds. The summed E-state index contributed by atoms with van der Waals surface area (Å²) < 4.78 is 0. The van der Waals surface area contributed by atoms with Gasteiger partial charge < -0.3 is 4.90 Å². The molecule has 2 nitrogen and oxygen atoms in total. The van der Waals surface area contributed by atoms with Crippen LogP contribution in [0.15, 0.2) is 0 Å². The van der Waals surface area contributed by atoms with Crippen molar-refractivity contribution in [1.82, 2.24) is 9.80 Å². The predicted molar refractivity (Wildman–Crippen MR) is 58.0 cm³/mol. The fraction of sp³-hybridized carbons (Fsp3) is 1.00. The van der Waals surface area contributed by atoms with Crippen molar-refractivity contribution in [2.75, 3.05) is 20.1 Å². The van der Waals surface area contributed by atoms with Crippen LogP contribution in [0.1, 0.15) is 34.6 Å². The molecular formula is C11H24N2. The molecule has 2 atom stereocenters. The maximum Gasteiger partial charge on any atom is 0.0203 e. The van der Waals surface area contributed by atoms with Crippen molar-refractivity contribution < 1.29 is 0 Å². The van der Waals surface area contributed by atoms with Crippen molar-refractivity contribution in [2.24, 2.45) is 0 Å². The number of nitrogens with zero attached hydrogens (tertiary/aromatic N) is 2. The summed E-state index contributed by atoms with van der Waals surface area (Å²) in [6, 6.07) is 1.35. The first kappa shape index (κ1) is 11.0. The summed E-state index contributed by atoms with van der Waals surface area (Å²) in [5.74, 6) is 0. The molecule has 0 bridgehead atoms. The summed E-state index contributed by atoms with van der Waals surface area (Å²) in [4.78, 5) is 5.06. The lowest BCUT2D eigenvalue weighted by Crippen LogP contribution is -2.61. The fourth-order valence-corrected chi connectivity index (χ4v) is 2.91. The average Bonchev–Trinajstić information content (AvgIpc) is 1.78. The van der Waals surface area contributed by atoms with Gasteiger partial charge in [0.05, 0.1) is 0 Å². The Bertz CT molecular complexity index is 159. The summed E-state index contributed by atoms with van der Waals surface area (Å²) in [5, 5.41) is 0. The lowest BCUT2D eigenvalue weighted by Gasteiger charge is -2.50. The molecule has 1 rings (SSSR count). The predicted octanol–water partition coefficient (Wildman–Crippen LogP) is 1.81. The van der Waals surface area contributed by atoms with Gasteiger partial charge in [0.25, 0.3) is 0 Å². The molecule has 78 valence electrons. The van der Waals surface area contributed by atoms with E-state index in [0.29, 0.717) is 17.6 Å². The molecule has 0 aliphatic carbocycles. The van der Waals surface area contributed by atoms with Gasteiger partial charge in [-0.25, -0.2) is 0 Å². The third kappa shape index (κ3) is 2.44. The molecule has 0 N–H and O–H groups in total. The van der Waals surface area contributed by atoms with Crippen LogP contribution in [0, 0.1) is 0 Å². The van der Waals surface area contributed by atoms with Gasteiger partial charge in [-0.1, -0.05) is 0 Å². The normalized spacial score (nSPS) is 33.7. The Labute approximate surface area is 82.9 Å². The molecule has 1 aliphatic rings. The highest BCUT2D eigenvalue weighted by Gasteiger charge is 2.34. The van der Waals surface area contributed by atoms with Crippen LogP contribution >= 0.6 is 0 Å². The van der Waals surface area contributed by atoms with Gasteiger partial charge in [-0.2, -0.15) is 0 Å². The number of piperazine rings is 1. The molecule has 0 spiro atoms. The summed E-state index contributed by atoms with van der Waals surface area (Å²) >= 11 is 0. The van der Waals surface area contributed by atoms with Crippen LogP contribution in [0.2, 0.25) is 0 Å². The van der Waals surface area contributed by atoms with Crippen LogP contribution in [0.3, 0.4) is 0 Å². The second kappa shape index (κ2) is 3.58. The quantitative estimate of drug-likeness (QED) is 0.566. The lowest BCUT2D eigenvalue weighted by molar-refractivity contribution is -0.0141. The van der Waals surface area contributed by atoms with Gasteiger partial charge in [0.2, 0.25) is 0 Å². The van der Waals surface area contributed by atoms with E-state index in [1.54, 1.807) is 0 Å². The van der Waals surface area contributed by atoms with Crippen molar-refractivity contribution in [3.05, 3.63) is 0 Å². The van der Waals surface area contributed by atoms with Gasteiger partial charge in [-0.3, -0.25) is 4.90 Å². The van der Waals surface area contributed by atoms with E-state index in [2.05, 4.69) is 51.5 Å². The monoisotopic (exact) mass is 184 g/mol. The summed E-state index contributed by atoms with van der Waals surface area (Å²) in [7, 11) is 2.22. The zero-order valence-corrected chi connectivity index (χ0v) is 9.96. The van der Waals surface area contributed by atoms with Crippen molar-refractivity contribution >= 4 is 0 Å². The smallest absolute Gasteiger partial charge is 0.0203 e. The van der Waals surface area contributed by atoms with Crippen molar-refractivity contribution in [3.63, 3.8) is 0 Å². The Morgan fingerprint density at radius 2 is 1.38 bits per heavy atom. The van der Waals surface area contributed by atoms with Crippen LogP contribution in [-0.4, -0.2) is 47.6 Å². The highest BCUT2D eigenvalue weighted by atomic mass is 15.3. The summed E-state index contributed by atoms with van der Waals surface area (Å²) in [6.45, 7) is 14.0. The third-order valence-corrected chi connectivity index (χ3v) is 2.88. The molecule has 13 heavy (non-hydrogen) atoms. The van der Waals surface area contributed by atoms with E-state index < -0.39 is 0 Å². The summed E-state index contributed by atoms with van der Waals surface area (Å²) in [5.41, 5.74) is 0.306. The van der Waals surface area contributed by atoms with Crippen molar-refractivity contribution in [2.45, 2.75) is 52.2 Å². The number of hydrogen-bond donors (Lipinski definition) is 0. The minimum Gasteiger partial charge on any atom is -0.303 e. The molecule has 0 saturated carbocycles. The Hall–Kier alpha value is -0.0800. The van der Waals surface area contributed by atoms with E-state index in [-0.39, 0.29) is 0 Å². The molecule has 0 radical (unpaired) electrons. The van der Waals surface area contributed by atoms with E-state index >= 15 is 0 Å². The van der Waals surface area contributed by atoms with Gasteiger partial charge in [0.1, 0.15) is 0 Å². The van der Waals surface area contributed by atoms with E-state index in [1.165, 1.54) is 13.1 Å². The second-order valence-electron chi connectivity index (χ2n) is 5.50. The van der Waals surface area contributed by atoms with E-state index in [0.717, 1.165) is 0 Å². The van der Waals surface area contributed by atoms with Gasteiger partial charge in [0.15, 0.2) is 0 Å². The maximum absolute atomic E-state index is 2.63. The van der Waals surface area contributed by atoms with Gasteiger partial charge in [-0.15, -0.1) is 0 Å². The van der Waals surface area contributed by atoms with Crippen molar-refractivity contribution in [1.29, 1.82) is 0 Å². The van der Waals surface area contributed by atoms with Crippen LogP contribution in [-0.2, 0) is 0 Å². The van der Waals surface area contributed by atoms with Crippen LogP contribution < -0.4 is 0 Å². The first-order valence-corrected chi connectivity index (χ1v) is 5.29. The maximum atomic E-state index is 2.63. The molecule has 1 fully saturated rings. The molecule has 0 aromatic carbocycles.